The number of Topliss-reactive ketones (excluding diaryl/α,β-unsaturated/α-hetero) is 1. The summed E-state index contributed by atoms with van der Waals surface area (Å²) in [6, 6.07) is 0. The first-order valence-electron chi connectivity index (χ1n) is 8.20. The van der Waals surface area contributed by atoms with Gasteiger partial charge in [0, 0.05) is 58.9 Å². The summed E-state index contributed by atoms with van der Waals surface area (Å²) < 4.78 is 19.2. The van der Waals surface area contributed by atoms with Crippen molar-refractivity contribution >= 4 is 23.3 Å². The van der Waals surface area contributed by atoms with E-state index in [2.05, 4.69) is 25.9 Å². The van der Waals surface area contributed by atoms with Gasteiger partial charge in [-0.2, -0.15) is 4.37 Å². The number of ketones is 1. The van der Waals surface area contributed by atoms with Crippen LogP contribution in [0.5, 0.6) is 5.88 Å². The van der Waals surface area contributed by atoms with Crippen molar-refractivity contribution in [2.45, 2.75) is 34.3 Å². The molecular formula is C17H35N4O5SY-. The largest absolute Gasteiger partial charge is 0.472 e. The molecule has 0 amide bonds. The second-order valence-corrected chi connectivity index (χ2v) is 5.81. The SMILES string of the molecule is C.C.OCCNC[C@H](O)COc1nsnc1N1CCOCC1.[CH2-]C(=O)CC.[Y]. The Morgan fingerprint density at radius 1 is 1.39 bits per heavy atom. The van der Waals surface area contributed by atoms with E-state index in [1.807, 2.05) is 0 Å². The molecule has 11 heteroatoms. The molecule has 0 unspecified atom stereocenters. The van der Waals surface area contributed by atoms with Crippen LogP contribution < -0.4 is 15.0 Å². The van der Waals surface area contributed by atoms with Crippen LogP contribution in [0.2, 0.25) is 0 Å². The van der Waals surface area contributed by atoms with Gasteiger partial charge in [-0.25, -0.2) is 0 Å². The van der Waals surface area contributed by atoms with Gasteiger partial charge in [0.2, 0.25) is 5.82 Å². The number of hydrogen-bond acceptors (Lipinski definition) is 10. The molecule has 1 fully saturated rings. The van der Waals surface area contributed by atoms with Gasteiger partial charge in [-0.3, -0.25) is 0 Å². The summed E-state index contributed by atoms with van der Waals surface area (Å²) in [5, 5.41) is 21.3. The van der Waals surface area contributed by atoms with E-state index in [1.165, 1.54) is 0 Å². The van der Waals surface area contributed by atoms with Crippen molar-refractivity contribution in [2.75, 3.05) is 57.5 Å². The zero-order valence-corrected chi connectivity index (χ0v) is 18.7. The van der Waals surface area contributed by atoms with E-state index >= 15 is 0 Å². The van der Waals surface area contributed by atoms with Gasteiger partial charge >= 0.3 is 0 Å². The molecule has 0 bridgehead atoms. The van der Waals surface area contributed by atoms with Crippen LogP contribution in [-0.4, -0.2) is 83.5 Å². The molecule has 1 aliphatic heterocycles. The van der Waals surface area contributed by atoms with E-state index in [0.717, 1.165) is 24.8 Å². The van der Waals surface area contributed by atoms with Gasteiger partial charge < -0.3 is 41.6 Å². The van der Waals surface area contributed by atoms with Crippen LogP contribution in [0.25, 0.3) is 0 Å². The molecule has 1 atom stereocenters. The number of ether oxygens (including phenoxy) is 2. The first kappa shape index (κ1) is 32.3. The Kier molecular flexibility index (Phi) is 23.0. The molecule has 1 saturated heterocycles. The van der Waals surface area contributed by atoms with E-state index in [1.54, 1.807) is 6.92 Å². The van der Waals surface area contributed by atoms with Gasteiger partial charge in [0.25, 0.3) is 5.88 Å². The summed E-state index contributed by atoms with van der Waals surface area (Å²) in [6.45, 7) is 8.79. The molecule has 1 radical (unpaired) electrons. The van der Waals surface area contributed by atoms with E-state index in [4.69, 9.17) is 14.6 Å². The van der Waals surface area contributed by atoms with Crippen molar-refractivity contribution in [2.24, 2.45) is 0 Å². The first-order valence-corrected chi connectivity index (χ1v) is 8.94. The minimum Gasteiger partial charge on any atom is -0.472 e. The summed E-state index contributed by atoms with van der Waals surface area (Å²) in [5.74, 6) is 1.18. The van der Waals surface area contributed by atoms with Crippen LogP contribution in [0, 0.1) is 6.92 Å². The van der Waals surface area contributed by atoms with Crippen molar-refractivity contribution in [3.8, 4) is 5.88 Å². The quantitative estimate of drug-likeness (QED) is 0.337. The molecule has 2 rings (SSSR count). The Morgan fingerprint density at radius 2 is 2.00 bits per heavy atom. The van der Waals surface area contributed by atoms with Crippen LogP contribution in [0.15, 0.2) is 0 Å². The molecule has 9 nitrogen and oxygen atoms in total. The Balaban J connectivity index is -0.000000700. The normalized spacial score (nSPS) is 13.6. The average Bonchev–Trinajstić information content (AvgIpc) is 3.10. The van der Waals surface area contributed by atoms with E-state index < -0.39 is 6.10 Å². The molecule has 2 heterocycles. The van der Waals surface area contributed by atoms with Crippen LogP contribution in [-0.2, 0) is 42.2 Å². The Hall–Kier alpha value is -0.356. The molecule has 3 N–H and O–H groups in total. The number of nitrogens with one attached hydrogen (secondary N) is 1. The number of nitrogens with zero attached hydrogens (tertiary/aromatic N) is 3. The van der Waals surface area contributed by atoms with E-state index in [-0.39, 0.29) is 66.6 Å². The van der Waals surface area contributed by atoms with Crippen LogP contribution in [0.1, 0.15) is 28.2 Å². The summed E-state index contributed by atoms with van der Waals surface area (Å²) in [5.41, 5.74) is 0. The Morgan fingerprint density at radius 3 is 2.54 bits per heavy atom. The maximum absolute atomic E-state index is 9.73. The second kappa shape index (κ2) is 19.9. The summed E-state index contributed by atoms with van der Waals surface area (Å²) in [6.07, 6.45) is -0.0965. The molecule has 1 aliphatic rings. The maximum Gasteiger partial charge on any atom is 0.270 e. The molecule has 0 aromatic carbocycles. The molecule has 0 saturated carbocycles. The number of aromatic nitrogens is 2. The van der Waals surface area contributed by atoms with Gasteiger partial charge in [0.1, 0.15) is 12.7 Å². The van der Waals surface area contributed by atoms with Gasteiger partial charge in [0.05, 0.1) is 31.5 Å². The molecular weight excluding hydrogens is 461 g/mol. The van der Waals surface area contributed by atoms with Crippen LogP contribution in [0.4, 0.5) is 5.82 Å². The number of carbonyl (C=O) groups excluding carboxylic acids is 1. The number of aliphatic hydroxyl groups excluding tert-OH is 2. The van der Waals surface area contributed by atoms with Gasteiger partial charge in [0.15, 0.2) is 0 Å². The van der Waals surface area contributed by atoms with Crippen molar-refractivity contribution < 1.29 is 57.2 Å². The fraction of sp³-hybridized carbons (Fsp3) is 0.765. The average molecular weight is 496 g/mol. The number of carbonyl (C=O) groups is 1. The minimum atomic E-state index is -0.652. The number of hydrogen-bond donors (Lipinski definition) is 3. The second-order valence-electron chi connectivity index (χ2n) is 5.28. The van der Waals surface area contributed by atoms with Gasteiger partial charge in [-0.1, -0.05) is 21.8 Å². The summed E-state index contributed by atoms with van der Waals surface area (Å²) >= 11 is 1.10. The Bertz CT molecular complexity index is 490. The first-order chi connectivity index (χ1) is 12.1. The molecule has 28 heavy (non-hydrogen) atoms. The number of rotatable bonds is 9. The number of anilines is 1. The van der Waals surface area contributed by atoms with Gasteiger partial charge in [-0.05, 0) is 12.2 Å². The molecule has 0 aliphatic carbocycles. The summed E-state index contributed by atoms with van der Waals surface area (Å²) in [7, 11) is 0. The molecule has 163 valence electrons. The maximum atomic E-state index is 9.73. The predicted molar refractivity (Wildman–Crippen MR) is 109 cm³/mol. The van der Waals surface area contributed by atoms with E-state index in [0.29, 0.717) is 44.4 Å². The molecule has 1 aromatic heterocycles. The van der Waals surface area contributed by atoms with Crippen LogP contribution >= 0.6 is 11.7 Å². The van der Waals surface area contributed by atoms with Crippen molar-refractivity contribution in [3.63, 3.8) is 0 Å². The van der Waals surface area contributed by atoms with Crippen molar-refractivity contribution in [1.82, 2.24) is 14.1 Å². The molecule has 0 spiro atoms. The van der Waals surface area contributed by atoms with Crippen LogP contribution in [0.3, 0.4) is 0 Å². The zero-order chi connectivity index (χ0) is 18.5. The standard InChI is InChI=1S/C11H20N4O4S.C4H7O.2CH4.Y/c16-4-1-12-7-9(17)8-19-11-10(13-20-14-11)15-2-5-18-6-3-15;1-3-4(2)5;;;/h9,12,16-17H,1-8H2;2-3H2,1H3;2*1H4;/q;-1;;;/t9-;;;;/m0..../s1. The van der Waals surface area contributed by atoms with Gasteiger partial charge in [-0.15, -0.1) is 4.37 Å². The Labute approximate surface area is 198 Å². The third kappa shape index (κ3) is 13.8. The zero-order valence-electron chi connectivity index (χ0n) is 15.1. The third-order valence-corrected chi connectivity index (χ3v) is 3.73. The van der Waals surface area contributed by atoms with Crippen molar-refractivity contribution in [1.29, 1.82) is 0 Å². The minimum absolute atomic E-state index is 0. The smallest absolute Gasteiger partial charge is 0.270 e. The predicted octanol–water partition coefficient (Wildman–Crippen LogP) is 0.766. The molecule has 1 aromatic rings. The summed E-state index contributed by atoms with van der Waals surface area (Å²) in [4.78, 5) is 11.8. The monoisotopic (exact) mass is 496 g/mol. The number of morpholine rings is 1. The third-order valence-electron chi connectivity index (χ3n) is 3.23. The fourth-order valence-corrected chi connectivity index (χ4v) is 2.34. The van der Waals surface area contributed by atoms with Crippen molar-refractivity contribution in [3.05, 3.63) is 6.92 Å². The number of aliphatic hydroxyl groups is 2. The fourth-order valence-electron chi connectivity index (χ4n) is 1.82. The van der Waals surface area contributed by atoms with E-state index in [9.17, 15) is 9.90 Å². The topological polar surface area (TPSA) is 117 Å².